The van der Waals surface area contributed by atoms with Crippen molar-refractivity contribution in [1.29, 1.82) is 0 Å². The second kappa shape index (κ2) is 6.90. The van der Waals surface area contributed by atoms with Crippen LogP contribution >= 0.6 is 0 Å². The second-order valence-corrected chi connectivity index (χ2v) is 5.23. The van der Waals surface area contributed by atoms with E-state index in [9.17, 15) is 25.1 Å². The van der Waals surface area contributed by atoms with Gasteiger partial charge < -0.3 is 20.3 Å². The highest BCUT2D eigenvalue weighted by molar-refractivity contribution is 6.01. The average molecular weight is 332 g/mol. The van der Waals surface area contributed by atoms with Crippen molar-refractivity contribution >= 4 is 17.3 Å². The van der Waals surface area contributed by atoms with E-state index in [1.807, 2.05) is 0 Å². The van der Waals surface area contributed by atoms with Crippen molar-refractivity contribution in [3.63, 3.8) is 0 Å². The van der Waals surface area contributed by atoms with Crippen molar-refractivity contribution < 1.29 is 19.9 Å². The number of aryl methyl sites for hydroxylation is 1. The zero-order chi connectivity index (χ0) is 17.9. The normalized spacial score (nSPS) is 11.5. The first kappa shape index (κ1) is 17.1. The standard InChI is InChI=1S/C15H16N4O5/c1-9(8-18-10(2)5-15(17-18)19(23)24)16-7-14(22)12-4-3-11(20)6-13(12)21/h3-6,20-21H,7-8H2,1-2H3. The van der Waals surface area contributed by atoms with Gasteiger partial charge in [0.2, 0.25) is 0 Å². The van der Waals surface area contributed by atoms with Crippen LogP contribution in [0.25, 0.3) is 0 Å². The number of benzene rings is 1. The van der Waals surface area contributed by atoms with Gasteiger partial charge in [-0.25, -0.2) is 0 Å². The molecule has 2 rings (SSSR count). The summed E-state index contributed by atoms with van der Waals surface area (Å²) in [6.45, 7) is 3.39. The Labute approximate surface area is 137 Å². The summed E-state index contributed by atoms with van der Waals surface area (Å²) in [7, 11) is 0. The highest BCUT2D eigenvalue weighted by atomic mass is 16.6. The Balaban J connectivity index is 2.06. The molecule has 0 aliphatic heterocycles. The highest BCUT2D eigenvalue weighted by Crippen LogP contribution is 2.22. The van der Waals surface area contributed by atoms with E-state index in [1.165, 1.54) is 22.9 Å². The monoisotopic (exact) mass is 332 g/mol. The lowest BCUT2D eigenvalue weighted by molar-refractivity contribution is -0.389. The van der Waals surface area contributed by atoms with Gasteiger partial charge in [0.15, 0.2) is 5.78 Å². The maximum atomic E-state index is 12.0. The summed E-state index contributed by atoms with van der Waals surface area (Å²) in [4.78, 5) is 26.3. The molecule has 9 nitrogen and oxygen atoms in total. The van der Waals surface area contributed by atoms with Crippen LogP contribution < -0.4 is 0 Å². The topological polar surface area (TPSA) is 131 Å². The van der Waals surface area contributed by atoms with Crippen LogP contribution in [0, 0.1) is 17.0 Å². The molecule has 0 fully saturated rings. The van der Waals surface area contributed by atoms with Crippen LogP contribution in [-0.4, -0.2) is 43.0 Å². The molecule has 1 aromatic heterocycles. The summed E-state index contributed by atoms with van der Waals surface area (Å²) in [5.74, 6) is -1.11. The van der Waals surface area contributed by atoms with Crippen molar-refractivity contribution in [3.8, 4) is 11.5 Å². The summed E-state index contributed by atoms with van der Waals surface area (Å²) in [6, 6.07) is 5.05. The predicted octanol–water partition coefficient (Wildman–Crippen LogP) is 1.85. The number of hydrogen-bond acceptors (Lipinski definition) is 7. The van der Waals surface area contributed by atoms with Crippen LogP contribution in [0.4, 0.5) is 5.82 Å². The van der Waals surface area contributed by atoms with E-state index in [1.54, 1.807) is 13.8 Å². The maximum absolute atomic E-state index is 12.0. The molecule has 9 heteroatoms. The Hall–Kier alpha value is -3.23. The number of rotatable bonds is 6. The molecule has 2 N–H and O–H groups in total. The molecule has 0 amide bonds. The molecule has 0 atom stereocenters. The zero-order valence-electron chi connectivity index (χ0n) is 13.1. The number of ketones is 1. The van der Waals surface area contributed by atoms with E-state index >= 15 is 0 Å². The van der Waals surface area contributed by atoms with E-state index < -0.39 is 10.7 Å². The summed E-state index contributed by atoms with van der Waals surface area (Å²) >= 11 is 0. The summed E-state index contributed by atoms with van der Waals surface area (Å²) in [6.07, 6.45) is 0. The fourth-order valence-corrected chi connectivity index (χ4v) is 2.06. The number of nitro groups is 1. The van der Waals surface area contributed by atoms with E-state index in [-0.39, 0.29) is 36.0 Å². The Morgan fingerprint density at radius 1 is 1.38 bits per heavy atom. The van der Waals surface area contributed by atoms with Crippen LogP contribution in [-0.2, 0) is 6.54 Å². The van der Waals surface area contributed by atoms with Crippen LogP contribution in [0.1, 0.15) is 23.0 Å². The average Bonchev–Trinajstić information content (AvgIpc) is 2.86. The molecule has 24 heavy (non-hydrogen) atoms. The summed E-state index contributed by atoms with van der Waals surface area (Å²) in [5, 5.41) is 33.4. The van der Waals surface area contributed by atoms with Crippen LogP contribution in [0.5, 0.6) is 11.5 Å². The lowest BCUT2D eigenvalue weighted by Crippen LogP contribution is -2.12. The third kappa shape index (κ3) is 3.94. The molecule has 0 unspecified atom stereocenters. The zero-order valence-corrected chi connectivity index (χ0v) is 13.1. The highest BCUT2D eigenvalue weighted by Gasteiger charge is 2.16. The van der Waals surface area contributed by atoms with Crippen molar-refractivity contribution in [2.24, 2.45) is 4.99 Å². The minimum atomic E-state index is -0.576. The smallest absolute Gasteiger partial charge is 0.390 e. The Morgan fingerprint density at radius 3 is 2.67 bits per heavy atom. The number of Topliss-reactive ketones (excluding diaryl/α,β-unsaturated/α-hetero) is 1. The van der Waals surface area contributed by atoms with Crippen molar-refractivity contribution in [3.05, 3.63) is 45.6 Å². The van der Waals surface area contributed by atoms with Gasteiger partial charge in [-0.2, -0.15) is 4.68 Å². The molecule has 0 aliphatic rings. The molecular weight excluding hydrogens is 316 g/mol. The largest absolute Gasteiger partial charge is 0.508 e. The third-order valence-corrected chi connectivity index (χ3v) is 3.31. The molecule has 0 bridgehead atoms. The number of aliphatic imine (C=N–C) groups is 1. The molecule has 0 saturated carbocycles. The summed E-state index contributed by atoms with van der Waals surface area (Å²) in [5.41, 5.74) is 1.23. The van der Waals surface area contributed by atoms with Crippen molar-refractivity contribution in [1.82, 2.24) is 9.78 Å². The maximum Gasteiger partial charge on any atom is 0.390 e. The fraction of sp³-hybridized carbons (Fsp3) is 0.267. The first-order valence-corrected chi connectivity index (χ1v) is 7.02. The number of hydrogen-bond donors (Lipinski definition) is 2. The minimum Gasteiger partial charge on any atom is -0.508 e. The molecule has 126 valence electrons. The Morgan fingerprint density at radius 2 is 2.08 bits per heavy atom. The van der Waals surface area contributed by atoms with Gasteiger partial charge in [0.1, 0.15) is 24.6 Å². The van der Waals surface area contributed by atoms with Gasteiger partial charge in [0, 0.05) is 11.8 Å². The van der Waals surface area contributed by atoms with Gasteiger partial charge in [-0.1, -0.05) is 0 Å². The van der Waals surface area contributed by atoms with Crippen LogP contribution in [0.3, 0.4) is 0 Å². The third-order valence-electron chi connectivity index (χ3n) is 3.31. The van der Waals surface area contributed by atoms with Gasteiger partial charge in [-0.3, -0.25) is 9.79 Å². The number of aromatic hydroxyl groups is 2. The lowest BCUT2D eigenvalue weighted by Gasteiger charge is -2.03. The Bertz CT molecular complexity index is 825. The van der Waals surface area contributed by atoms with Gasteiger partial charge in [0.05, 0.1) is 22.4 Å². The van der Waals surface area contributed by atoms with Gasteiger partial charge in [0.25, 0.3) is 0 Å². The van der Waals surface area contributed by atoms with E-state index in [2.05, 4.69) is 10.1 Å². The molecule has 0 aliphatic carbocycles. The molecule has 0 spiro atoms. The minimum absolute atomic E-state index is 0.0651. The number of phenols is 2. The van der Waals surface area contributed by atoms with E-state index in [0.29, 0.717) is 11.4 Å². The fourth-order valence-electron chi connectivity index (χ4n) is 2.06. The number of phenolic OH excluding ortho intramolecular Hbond substituents is 2. The van der Waals surface area contributed by atoms with E-state index in [0.717, 1.165) is 6.07 Å². The molecule has 1 heterocycles. The van der Waals surface area contributed by atoms with Gasteiger partial charge in [-0.15, -0.1) is 0 Å². The molecule has 2 aromatic rings. The predicted molar refractivity (Wildman–Crippen MR) is 85.7 cm³/mol. The Kier molecular flexibility index (Phi) is 4.93. The van der Waals surface area contributed by atoms with Crippen LogP contribution in [0.15, 0.2) is 29.3 Å². The first-order valence-electron chi connectivity index (χ1n) is 7.02. The first-order chi connectivity index (χ1) is 11.3. The molecular formula is C15H16N4O5. The van der Waals surface area contributed by atoms with E-state index in [4.69, 9.17) is 0 Å². The molecule has 0 radical (unpaired) electrons. The van der Waals surface area contributed by atoms with Gasteiger partial charge >= 0.3 is 5.82 Å². The number of carbonyl (C=O) groups excluding carboxylic acids is 1. The lowest BCUT2D eigenvalue weighted by atomic mass is 10.1. The summed E-state index contributed by atoms with van der Waals surface area (Å²) < 4.78 is 1.43. The number of carbonyl (C=O) groups is 1. The number of nitrogens with zero attached hydrogens (tertiary/aromatic N) is 4. The van der Waals surface area contributed by atoms with Gasteiger partial charge in [-0.05, 0) is 30.9 Å². The van der Waals surface area contributed by atoms with Crippen molar-refractivity contribution in [2.45, 2.75) is 20.4 Å². The molecule has 1 aromatic carbocycles. The van der Waals surface area contributed by atoms with Crippen LogP contribution in [0.2, 0.25) is 0 Å². The number of aromatic nitrogens is 2. The van der Waals surface area contributed by atoms with Crippen molar-refractivity contribution in [2.75, 3.05) is 6.54 Å². The molecule has 0 saturated heterocycles. The quantitative estimate of drug-likeness (QED) is 0.359. The second-order valence-electron chi connectivity index (χ2n) is 5.23. The SMILES string of the molecule is CC(Cn1nc([N+](=O)[O-])cc1C)=NCC(=O)c1ccc(O)cc1O.